The van der Waals surface area contributed by atoms with Crippen LogP contribution in [0.1, 0.15) is 0 Å². The molecular formula is C16H20N4O3S. The van der Waals surface area contributed by atoms with Crippen LogP contribution >= 0.6 is 0 Å². The van der Waals surface area contributed by atoms with E-state index in [2.05, 4.69) is 14.9 Å². The van der Waals surface area contributed by atoms with Crippen molar-refractivity contribution in [3.05, 3.63) is 36.7 Å². The predicted octanol–water partition coefficient (Wildman–Crippen LogP) is 1.23. The van der Waals surface area contributed by atoms with Crippen LogP contribution in [0.3, 0.4) is 0 Å². The van der Waals surface area contributed by atoms with E-state index in [1.807, 2.05) is 30.3 Å². The summed E-state index contributed by atoms with van der Waals surface area (Å²) in [5, 5.41) is 0. The van der Waals surface area contributed by atoms with Crippen molar-refractivity contribution in [1.82, 2.24) is 14.3 Å². The number of anilines is 1. The van der Waals surface area contributed by atoms with Gasteiger partial charge in [-0.1, -0.05) is 0 Å². The van der Waals surface area contributed by atoms with Gasteiger partial charge >= 0.3 is 0 Å². The molecule has 0 spiro atoms. The standard InChI is InChI=1S/C16H20N4O3S/c1-23-14-5-3-13(4-6-14)15-11-16(18-12-17-15)19-7-9-20(10-8-19)24(2,21)22/h3-6,11-12H,7-10H2,1-2H3. The number of methoxy groups -OCH3 is 1. The molecule has 24 heavy (non-hydrogen) atoms. The molecule has 0 N–H and O–H groups in total. The van der Waals surface area contributed by atoms with Crippen molar-refractivity contribution in [2.75, 3.05) is 44.4 Å². The number of sulfonamides is 1. The van der Waals surface area contributed by atoms with E-state index in [0.717, 1.165) is 22.8 Å². The lowest BCUT2D eigenvalue weighted by molar-refractivity contribution is 0.387. The van der Waals surface area contributed by atoms with Crippen LogP contribution in [0.5, 0.6) is 5.75 Å². The van der Waals surface area contributed by atoms with Gasteiger partial charge < -0.3 is 9.64 Å². The van der Waals surface area contributed by atoms with E-state index in [0.29, 0.717) is 26.2 Å². The molecule has 1 aromatic heterocycles. The summed E-state index contributed by atoms with van der Waals surface area (Å²) in [4.78, 5) is 10.7. The maximum Gasteiger partial charge on any atom is 0.211 e. The average Bonchev–Trinajstić information content (AvgIpc) is 2.61. The van der Waals surface area contributed by atoms with Crippen molar-refractivity contribution >= 4 is 15.8 Å². The molecule has 1 aliphatic rings. The van der Waals surface area contributed by atoms with Crippen LogP contribution in [0.2, 0.25) is 0 Å². The summed E-state index contributed by atoms with van der Waals surface area (Å²) < 4.78 is 29.8. The van der Waals surface area contributed by atoms with Crippen molar-refractivity contribution in [1.29, 1.82) is 0 Å². The number of hydrogen-bond acceptors (Lipinski definition) is 6. The molecule has 0 radical (unpaired) electrons. The molecule has 2 aromatic rings. The largest absolute Gasteiger partial charge is 0.497 e. The van der Waals surface area contributed by atoms with Gasteiger partial charge in [0.05, 0.1) is 19.1 Å². The van der Waals surface area contributed by atoms with Gasteiger partial charge in [0.2, 0.25) is 10.0 Å². The van der Waals surface area contributed by atoms with Crippen LogP contribution in [0.15, 0.2) is 36.7 Å². The van der Waals surface area contributed by atoms with E-state index in [4.69, 9.17) is 4.74 Å². The minimum Gasteiger partial charge on any atom is -0.497 e. The summed E-state index contributed by atoms with van der Waals surface area (Å²) in [5.41, 5.74) is 1.81. The molecule has 0 amide bonds. The molecular weight excluding hydrogens is 328 g/mol. The van der Waals surface area contributed by atoms with E-state index < -0.39 is 10.0 Å². The summed E-state index contributed by atoms with van der Waals surface area (Å²) in [5.74, 6) is 1.61. The van der Waals surface area contributed by atoms with Crippen LogP contribution in [0.25, 0.3) is 11.3 Å². The monoisotopic (exact) mass is 348 g/mol. The van der Waals surface area contributed by atoms with Crippen LogP contribution in [0.4, 0.5) is 5.82 Å². The maximum atomic E-state index is 11.6. The quantitative estimate of drug-likeness (QED) is 0.827. The van der Waals surface area contributed by atoms with E-state index >= 15 is 0 Å². The molecule has 0 aliphatic carbocycles. The van der Waals surface area contributed by atoms with E-state index in [9.17, 15) is 8.42 Å². The van der Waals surface area contributed by atoms with Gasteiger partial charge in [-0.25, -0.2) is 18.4 Å². The van der Waals surface area contributed by atoms with Gasteiger partial charge in [0, 0.05) is 37.8 Å². The number of ether oxygens (including phenoxy) is 1. The van der Waals surface area contributed by atoms with Crippen molar-refractivity contribution in [3.63, 3.8) is 0 Å². The van der Waals surface area contributed by atoms with Crippen LogP contribution < -0.4 is 9.64 Å². The highest BCUT2D eigenvalue weighted by Gasteiger charge is 2.24. The normalized spacial score (nSPS) is 16.2. The Balaban J connectivity index is 1.76. The second-order valence-electron chi connectivity index (χ2n) is 5.64. The van der Waals surface area contributed by atoms with E-state index in [1.54, 1.807) is 7.11 Å². The Hall–Kier alpha value is -2.19. The van der Waals surface area contributed by atoms with Gasteiger partial charge in [0.25, 0.3) is 0 Å². The lowest BCUT2D eigenvalue weighted by atomic mass is 10.1. The number of benzene rings is 1. The molecule has 1 saturated heterocycles. The fourth-order valence-corrected chi connectivity index (χ4v) is 3.52. The fourth-order valence-electron chi connectivity index (χ4n) is 2.69. The van der Waals surface area contributed by atoms with Crippen LogP contribution in [-0.4, -0.2) is 62.2 Å². The molecule has 0 unspecified atom stereocenters. The Labute approximate surface area is 142 Å². The summed E-state index contributed by atoms with van der Waals surface area (Å²) in [6, 6.07) is 9.61. The Morgan fingerprint density at radius 2 is 1.71 bits per heavy atom. The average molecular weight is 348 g/mol. The zero-order valence-corrected chi connectivity index (χ0v) is 14.5. The number of hydrogen-bond donors (Lipinski definition) is 0. The molecule has 0 saturated carbocycles. The fraction of sp³-hybridized carbons (Fsp3) is 0.375. The molecule has 1 fully saturated rings. The highest BCUT2D eigenvalue weighted by atomic mass is 32.2. The Kier molecular flexibility index (Phi) is 4.68. The van der Waals surface area contributed by atoms with Gasteiger partial charge in [-0.3, -0.25) is 0 Å². The van der Waals surface area contributed by atoms with Crippen LogP contribution in [-0.2, 0) is 10.0 Å². The van der Waals surface area contributed by atoms with Crippen molar-refractivity contribution in [2.45, 2.75) is 0 Å². The van der Waals surface area contributed by atoms with Gasteiger partial charge in [-0.05, 0) is 24.3 Å². The number of aromatic nitrogens is 2. The Morgan fingerprint density at radius 3 is 2.29 bits per heavy atom. The highest BCUT2D eigenvalue weighted by molar-refractivity contribution is 7.88. The predicted molar refractivity (Wildman–Crippen MR) is 92.6 cm³/mol. The van der Waals surface area contributed by atoms with E-state index in [-0.39, 0.29) is 0 Å². The molecule has 0 bridgehead atoms. The SMILES string of the molecule is COc1ccc(-c2cc(N3CCN(S(C)(=O)=O)CC3)ncn2)cc1. The zero-order chi connectivity index (χ0) is 17.2. The third kappa shape index (κ3) is 3.65. The second-order valence-corrected chi connectivity index (χ2v) is 7.62. The molecule has 1 aromatic carbocycles. The summed E-state index contributed by atoms with van der Waals surface area (Å²) in [7, 11) is -1.49. The third-order valence-electron chi connectivity index (χ3n) is 4.07. The molecule has 2 heterocycles. The summed E-state index contributed by atoms with van der Waals surface area (Å²) in [6.07, 6.45) is 2.78. The third-order valence-corrected chi connectivity index (χ3v) is 5.37. The van der Waals surface area contributed by atoms with Crippen LogP contribution in [0, 0.1) is 0 Å². The molecule has 1 aliphatic heterocycles. The molecule has 128 valence electrons. The van der Waals surface area contributed by atoms with Crippen molar-refractivity contribution in [2.24, 2.45) is 0 Å². The van der Waals surface area contributed by atoms with Gasteiger partial charge in [0.15, 0.2) is 0 Å². The Morgan fingerprint density at radius 1 is 1.04 bits per heavy atom. The number of nitrogens with zero attached hydrogens (tertiary/aromatic N) is 4. The minimum atomic E-state index is -3.13. The van der Waals surface area contributed by atoms with Gasteiger partial charge in [-0.2, -0.15) is 4.31 Å². The topological polar surface area (TPSA) is 75.6 Å². The first kappa shape index (κ1) is 16.7. The first-order chi connectivity index (χ1) is 11.5. The lowest BCUT2D eigenvalue weighted by Gasteiger charge is -2.34. The van der Waals surface area contributed by atoms with Crippen molar-refractivity contribution in [3.8, 4) is 17.0 Å². The van der Waals surface area contributed by atoms with Gasteiger partial charge in [0.1, 0.15) is 17.9 Å². The first-order valence-electron chi connectivity index (χ1n) is 7.64. The van der Waals surface area contributed by atoms with E-state index in [1.165, 1.54) is 16.9 Å². The summed E-state index contributed by atoms with van der Waals surface area (Å²) in [6.45, 7) is 2.18. The summed E-state index contributed by atoms with van der Waals surface area (Å²) >= 11 is 0. The molecule has 0 atom stereocenters. The lowest BCUT2D eigenvalue weighted by Crippen LogP contribution is -2.48. The molecule has 3 rings (SSSR count). The highest BCUT2D eigenvalue weighted by Crippen LogP contribution is 2.23. The first-order valence-corrected chi connectivity index (χ1v) is 9.49. The maximum absolute atomic E-state index is 11.6. The zero-order valence-electron chi connectivity index (χ0n) is 13.7. The number of piperazine rings is 1. The second kappa shape index (κ2) is 6.74. The Bertz CT molecular complexity index is 800. The smallest absolute Gasteiger partial charge is 0.211 e. The molecule has 8 heteroatoms. The van der Waals surface area contributed by atoms with Crippen molar-refractivity contribution < 1.29 is 13.2 Å². The van der Waals surface area contributed by atoms with Gasteiger partial charge in [-0.15, -0.1) is 0 Å². The minimum absolute atomic E-state index is 0.473. The number of rotatable bonds is 4. The molecule has 7 nitrogen and oxygen atoms in total.